The van der Waals surface area contributed by atoms with Gasteiger partial charge in [-0.05, 0) is 24.3 Å². The van der Waals surface area contributed by atoms with Crippen molar-refractivity contribution >= 4 is 22.4 Å². The Morgan fingerprint density at radius 2 is 2.03 bits per heavy atom. The summed E-state index contributed by atoms with van der Waals surface area (Å²) in [6.07, 6.45) is 5.77. The van der Waals surface area contributed by atoms with Gasteiger partial charge >= 0.3 is 0 Å². The number of benzene rings is 1. The molecule has 0 spiro atoms. The van der Waals surface area contributed by atoms with E-state index >= 15 is 0 Å². The van der Waals surface area contributed by atoms with Gasteiger partial charge in [-0.25, -0.2) is 18.7 Å². The number of thiol groups is 1. The highest BCUT2D eigenvalue weighted by Gasteiger charge is 2.40. The molecule has 152 valence electrons. The number of anilines is 1. The molecular formula is C22H18F2N3O2S+. The summed E-state index contributed by atoms with van der Waals surface area (Å²) < 4.78 is 48.4. The standard InChI is InChI=1S/C22H17F2N3O2S/c23-15-6-7-17(20(24)11-15)14-10-18-19(22-25-8-9-29-22)13-27(21(18)26-12-14)30(28)16-4-2-1-3-5-16/h1-10,12,15,19H,11,13H2/p+1. The first-order valence-corrected chi connectivity index (χ1v) is 10.7. The van der Waals surface area contributed by atoms with Crippen molar-refractivity contribution in [3.8, 4) is 0 Å². The summed E-state index contributed by atoms with van der Waals surface area (Å²) in [4.78, 5) is 9.48. The van der Waals surface area contributed by atoms with Crippen LogP contribution in [0.1, 0.15) is 29.4 Å². The van der Waals surface area contributed by atoms with Crippen molar-refractivity contribution in [3.63, 3.8) is 0 Å². The van der Waals surface area contributed by atoms with Crippen LogP contribution in [-0.4, -0.2) is 22.7 Å². The maximum atomic E-state index is 14.4. The second kappa shape index (κ2) is 7.60. The Labute approximate surface area is 174 Å². The molecule has 0 bridgehead atoms. The van der Waals surface area contributed by atoms with Crippen LogP contribution in [0.4, 0.5) is 14.6 Å². The summed E-state index contributed by atoms with van der Waals surface area (Å²) in [5, 5.41) is 0. The maximum Gasteiger partial charge on any atom is 0.203 e. The van der Waals surface area contributed by atoms with Gasteiger partial charge in [0.15, 0.2) is 10.7 Å². The zero-order valence-electron chi connectivity index (χ0n) is 15.8. The quantitative estimate of drug-likeness (QED) is 0.449. The molecule has 3 aromatic rings. The first-order valence-electron chi connectivity index (χ1n) is 9.52. The smallest absolute Gasteiger partial charge is 0.203 e. The van der Waals surface area contributed by atoms with E-state index in [0.29, 0.717) is 34.3 Å². The van der Waals surface area contributed by atoms with E-state index in [1.165, 1.54) is 24.6 Å². The molecule has 3 atom stereocenters. The second-order valence-electron chi connectivity index (χ2n) is 7.15. The van der Waals surface area contributed by atoms with Gasteiger partial charge in [0, 0.05) is 29.3 Å². The van der Waals surface area contributed by atoms with Crippen LogP contribution in [0.2, 0.25) is 0 Å². The Morgan fingerprint density at radius 1 is 1.20 bits per heavy atom. The summed E-state index contributed by atoms with van der Waals surface area (Å²) in [6.45, 7) is 0.375. The first-order chi connectivity index (χ1) is 14.6. The van der Waals surface area contributed by atoms with Crippen molar-refractivity contribution in [2.45, 2.75) is 23.4 Å². The molecular weight excluding hydrogens is 408 g/mol. The zero-order chi connectivity index (χ0) is 20.7. The molecule has 30 heavy (non-hydrogen) atoms. The third-order valence-corrected chi connectivity index (χ3v) is 6.80. The van der Waals surface area contributed by atoms with Crippen molar-refractivity contribution in [1.29, 1.82) is 0 Å². The fraction of sp³-hybridized carbons (Fsp3) is 0.182. The largest absolute Gasteiger partial charge is 0.448 e. The second-order valence-corrected chi connectivity index (χ2v) is 8.69. The summed E-state index contributed by atoms with van der Waals surface area (Å²) in [5.74, 6) is 0.225. The number of fused-ring (bicyclic) bond motifs is 1. The third kappa shape index (κ3) is 3.27. The summed E-state index contributed by atoms with van der Waals surface area (Å²) in [6, 6.07) is 11.0. The van der Waals surface area contributed by atoms with Gasteiger partial charge in [0.25, 0.3) is 0 Å². The highest BCUT2D eigenvalue weighted by Crippen LogP contribution is 2.42. The Morgan fingerprint density at radius 3 is 2.77 bits per heavy atom. The third-order valence-electron chi connectivity index (χ3n) is 5.27. The van der Waals surface area contributed by atoms with Crippen LogP contribution in [0.15, 0.2) is 82.3 Å². The maximum absolute atomic E-state index is 14.4. The molecule has 0 radical (unpaired) electrons. The molecule has 2 aromatic heterocycles. The fourth-order valence-electron chi connectivity index (χ4n) is 3.82. The number of halogens is 2. The predicted octanol–water partition coefficient (Wildman–Crippen LogP) is 4.67. The average Bonchev–Trinajstić information content (AvgIpc) is 3.41. The summed E-state index contributed by atoms with van der Waals surface area (Å²) in [5.41, 5.74) is 1.62. The van der Waals surface area contributed by atoms with E-state index in [1.54, 1.807) is 10.5 Å². The van der Waals surface area contributed by atoms with Crippen molar-refractivity contribution in [1.82, 2.24) is 9.97 Å². The number of allylic oxidation sites excluding steroid dienone is 4. The average molecular weight is 426 g/mol. The van der Waals surface area contributed by atoms with E-state index in [4.69, 9.17) is 4.42 Å². The van der Waals surface area contributed by atoms with Crippen LogP contribution < -0.4 is 4.31 Å². The molecule has 0 saturated heterocycles. The van der Waals surface area contributed by atoms with Crippen LogP contribution in [0, 0.1) is 0 Å². The monoisotopic (exact) mass is 426 g/mol. The molecule has 1 aliphatic heterocycles. The molecule has 0 fully saturated rings. The lowest BCUT2D eigenvalue weighted by Crippen LogP contribution is -2.25. The van der Waals surface area contributed by atoms with Gasteiger partial charge in [0.2, 0.25) is 16.9 Å². The van der Waals surface area contributed by atoms with Crippen LogP contribution in [0.3, 0.4) is 0 Å². The molecule has 1 aromatic carbocycles. The Bertz CT molecular complexity index is 1160. The molecule has 2 aliphatic rings. The number of pyridine rings is 1. The van der Waals surface area contributed by atoms with Crippen molar-refractivity contribution < 1.29 is 17.4 Å². The van der Waals surface area contributed by atoms with Crippen LogP contribution in [0.25, 0.3) is 5.57 Å². The summed E-state index contributed by atoms with van der Waals surface area (Å²) >= 11 is 0. The highest BCUT2D eigenvalue weighted by molar-refractivity contribution is 7.86. The lowest BCUT2D eigenvalue weighted by molar-refractivity contribution is 0.371. The first kappa shape index (κ1) is 18.9. The predicted molar refractivity (Wildman–Crippen MR) is 111 cm³/mol. The number of oxazole rings is 1. The van der Waals surface area contributed by atoms with Gasteiger partial charge < -0.3 is 4.42 Å². The van der Waals surface area contributed by atoms with Gasteiger partial charge in [0.05, 0.1) is 18.7 Å². The number of aromatic nitrogens is 2. The SMILES string of the molecule is O=[SH+](c1ccccc1)N1CC(c2ncco2)c2cc(C3=C(F)CC(F)C=C3)cnc21. The molecule has 5 nitrogen and oxygen atoms in total. The van der Waals surface area contributed by atoms with E-state index < -0.39 is 23.0 Å². The Hall–Kier alpha value is -3.13. The number of alkyl halides is 1. The Balaban J connectivity index is 1.58. The van der Waals surface area contributed by atoms with E-state index in [1.807, 2.05) is 36.4 Å². The molecule has 3 heterocycles. The molecule has 5 rings (SSSR count). The van der Waals surface area contributed by atoms with Crippen LogP contribution in [0.5, 0.6) is 0 Å². The Kier molecular flexibility index (Phi) is 4.78. The van der Waals surface area contributed by atoms with Gasteiger partial charge in [0.1, 0.15) is 18.3 Å². The van der Waals surface area contributed by atoms with E-state index in [9.17, 15) is 13.0 Å². The van der Waals surface area contributed by atoms with Crippen molar-refractivity contribution in [2.75, 3.05) is 10.8 Å². The normalized spacial score (nSPS) is 21.7. The van der Waals surface area contributed by atoms with Crippen LogP contribution in [-0.2, 0) is 15.2 Å². The van der Waals surface area contributed by atoms with Crippen LogP contribution >= 0.6 is 0 Å². The lowest BCUT2D eigenvalue weighted by Gasteiger charge is -2.14. The van der Waals surface area contributed by atoms with Crippen molar-refractivity contribution in [2.24, 2.45) is 0 Å². The topological polar surface area (TPSA) is 59.2 Å². The molecule has 8 heteroatoms. The molecule has 0 amide bonds. The van der Waals surface area contributed by atoms with E-state index in [-0.39, 0.29) is 12.3 Å². The number of rotatable bonds is 4. The minimum Gasteiger partial charge on any atom is -0.448 e. The van der Waals surface area contributed by atoms with Gasteiger partial charge in [-0.3, -0.25) is 0 Å². The number of hydrogen-bond acceptors (Lipinski definition) is 4. The minimum atomic E-state index is -1.90. The molecule has 0 saturated carbocycles. The van der Waals surface area contributed by atoms with E-state index in [0.717, 1.165) is 5.56 Å². The highest BCUT2D eigenvalue weighted by atomic mass is 32.2. The zero-order valence-corrected chi connectivity index (χ0v) is 16.7. The van der Waals surface area contributed by atoms with Gasteiger partial charge in [-0.2, -0.15) is 4.31 Å². The minimum absolute atomic E-state index is 0.280. The summed E-state index contributed by atoms with van der Waals surface area (Å²) in [7, 11) is -1.90. The molecule has 0 N–H and O–H groups in total. The molecule has 3 unspecified atom stereocenters. The van der Waals surface area contributed by atoms with Gasteiger partial charge in [-0.1, -0.05) is 28.5 Å². The number of nitrogens with zero attached hydrogens (tertiary/aromatic N) is 3. The van der Waals surface area contributed by atoms with Gasteiger partial charge in [-0.15, -0.1) is 0 Å². The fourth-order valence-corrected chi connectivity index (χ4v) is 5.17. The lowest BCUT2D eigenvalue weighted by atomic mass is 9.95. The van der Waals surface area contributed by atoms with Crippen molar-refractivity contribution in [3.05, 3.63) is 90.1 Å². The molecule has 1 aliphatic carbocycles. The van der Waals surface area contributed by atoms with E-state index in [2.05, 4.69) is 9.97 Å². The number of hydrogen-bond donors (Lipinski definition) is 0.